The molecule has 1 fully saturated rings. The van der Waals surface area contributed by atoms with Crippen molar-refractivity contribution in [3.05, 3.63) is 88.1 Å². The van der Waals surface area contributed by atoms with Gasteiger partial charge in [-0.1, -0.05) is 23.8 Å². The normalized spacial score (nSPS) is 15.2. The number of ether oxygens (including phenoxy) is 1. The predicted molar refractivity (Wildman–Crippen MR) is 173 cm³/mol. The van der Waals surface area contributed by atoms with E-state index in [4.69, 9.17) is 0 Å². The van der Waals surface area contributed by atoms with E-state index in [9.17, 15) is 19.2 Å². The molecule has 15 heteroatoms. The lowest BCUT2D eigenvalue weighted by Crippen LogP contribution is -2.45. The SMILES string of the molecule is CNC(=O)N1CCCC(C[C@H](NC(=O)/C=C/c2cc(C)ccc2-n2cnnn2)c2cc(-c3ccc(NC(=O)OC)cc3)c(=O)[nH]n2)C1. The van der Waals surface area contributed by atoms with Crippen molar-refractivity contribution in [3.63, 3.8) is 0 Å². The number of piperidine rings is 1. The number of tetrazole rings is 1. The lowest BCUT2D eigenvalue weighted by molar-refractivity contribution is -0.117. The molecule has 1 aliphatic heterocycles. The summed E-state index contributed by atoms with van der Waals surface area (Å²) < 4.78 is 6.15. The van der Waals surface area contributed by atoms with Crippen molar-refractivity contribution in [2.75, 3.05) is 32.6 Å². The van der Waals surface area contributed by atoms with Crippen LogP contribution in [0.5, 0.6) is 0 Å². The highest BCUT2D eigenvalue weighted by molar-refractivity contribution is 5.92. The largest absolute Gasteiger partial charge is 0.453 e. The van der Waals surface area contributed by atoms with Crippen LogP contribution >= 0.6 is 0 Å². The highest BCUT2D eigenvalue weighted by atomic mass is 16.5. The third-order valence-electron chi connectivity index (χ3n) is 7.91. The average Bonchev–Trinajstić information content (AvgIpc) is 3.62. The quantitative estimate of drug-likeness (QED) is 0.199. The van der Waals surface area contributed by atoms with Gasteiger partial charge in [0.05, 0.1) is 30.1 Å². The number of urea groups is 1. The number of nitrogens with one attached hydrogen (secondary N) is 4. The van der Waals surface area contributed by atoms with Crippen molar-refractivity contribution in [2.24, 2.45) is 5.92 Å². The molecule has 2 atom stereocenters. The Hall–Kier alpha value is -5.86. The van der Waals surface area contributed by atoms with Crippen molar-refractivity contribution in [3.8, 4) is 16.8 Å². The van der Waals surface area contributed by atoms with Crippen molar-refractivity contribution in [1.29, 1.82) is 0 Å². The first-order chi connectivity index (χ1) is 22.7. The molecule has 244 valence electrons. The van der Waals surface area contributed by atoms with Gasteiger partial charge in [-0.05, 0) is 84.5 Å². The first kappa shape index (κ1) is 32.5. The van der Waals surface area contributed by atoms with Crippen LogP contribution in [0.4, 0.5) is 15.3 Å². The molecular weight excluding hydrogens is 604 g/mol. The van der Waals surface area contributed by atoms with E-state index in [0.717, 1.165) is 24.0 Å². The molecule has 0 aliphatic carbocycles. The molecule has 0 bridgehead atoms. The molecule has 47 heavy (non-hydrogen) atoms. The lowest BCUT2D eigenvalue weighted by Gasteiger charge is -2.34. The number of aryl methyl sites for hydroxylation is 1. The van der Waals surface area contributed by atoms with Gasteiger partial charge in [-0.15, -0.1) is 5.10 Å². The fourth-order valence-electron chi connectivity index (χ4n) is 5.58. The fraction of sp³-hybridized carbons (Fsp3) is 0.312. The molecule has 1 saturated heterocycles. The number of methoxy groups -OCH3 is 1. The second kappa shape index (κ2) is 14.9. The number of amides is 4. The molecule has 4 amide bonds. The highest BCUT2D eigenvalue weighted by Gasteiger charge is 2.28. The molecule has 4 N–H and O–H groups in total. The number of hydrogen-bond donors (Lipinski definition) is 4. The van der Waals surface area contributed by atoms with Crippen LogP contribution < -0.4 is 21.5 Å². The summed E-state index contributed by atoms with van der Waals surface area (Å²) in [5, 5.41) is 26.6. The van der Waals surface area contributed by atoms with Gasteiger partial charge in [0.25, 0.3) is 5.56 Å². The number of aromatic nitrogens is 6. The number of benzene rings is 2. The van der Waals surface area contributed by atoms with Crippen molar-refractivity contribution < 1.29 is 19.1 Å². The van der Waals surface area contributed by atoms with E-state index >= 15 is 0 Å². The average molecular weight is 641 g/mol. The molecule has 2 aromatic carbocycles. The Morgan fingerprint density at radius 1 is 1.15 bits per heavy atom. The Labute approximate surface area is 270 Å². The zero-order valence-electron chi connectivity index (χ0n) is 26.3. The number of hydrogen-bond acceptors (Lipinski definition) is 9. The maximum atomic E-state index is 13.5. The van der Waals surface area contributed by atoms with Gasteiger partial charge in [-0.25, -0.2) is 14.7 Å². The number of H-pyrrole nitrogens is 1. The monoisotopic (exact) mass is 640 g/mol. The summed E-state index contributed by atoms with van der Waals surface area (Å²) in [6.45, 7) is 3.12. The Balaban J connectivity index is 1.42. The molecule has 4 aromatic rings. The Kier molecular flexibility index (Phi) is 10.3. The van der Waals surface area contributed by atoms with E-state index in [2.05, 4.69) is 46.4 Å². The van der Waals surface area contributed by atoms with Gasteiger partial charge in [-0.2, -0.15) is 9.78 Å². The van der Waals surface area contributed by atoms with Crippen LogP contribution in [0.1, 0.15) is 42.1 Å². The Bertz CT molecular complexity index is 1800. The van der Waals surface area contributed by atoms with Gasteiger partial charge in [0, 0.05) is 37.5 Å². The van der Waals surface area contributed by atoms with E-state index in [1.54, 1.807) is 48.4 Å². The lowest BCUT2D eigenvalue weighted by atomic mass is 9.89. The van der Waals surface area contributed by atoms with Gasteiger partial charge < -0.3 is 20.3 Å². The first-order valence-corrected chi connectivity index (χ1v) is 15.1. The van der Waals surface area contributed by atoms with Gasteiger partial charge in [0.15, 0.2) is 0 Å². The molecule has 15 nitrogen and oxygen atoms in total. The number of rotatable bonds is 9. The number of anilines is 1. The van der Waals surface area contributed by atoms with Crippen LogP contribution in [-0.4, -0.2) is 80.6 Å². The third-order valence-corrected chi connectivity index (χ3v) is 7.91. The summed E-state index contributed by atoms with van der Waals surface area (Å²) in [4.78, 5) is 52.1. The molecule has 5 rings (SSSR count). The molecule has 3 heterocycles. The second-order valence-corrected chi connectivity index (χ2v) is 11.2. The van der Waals surface area contributed by atoms with Crippen LogP contribution in [0.2, 0.25) is 0 Å². The summed E-state index contributed by atoms with van der Waals surface area (Å²) in [5.74, 6) is -0.301. The number of aromatic amines is 1. The number of carbonyl (C=O) groups is 3. The molecule has 1 unspecified atom stereocenters. The number of likely N-dealkylation sites (tertiary alicyclic amines) is 1. The predicted octanol–water partition coefficient (Wildman–Crippen LogP) is 3.21. The van der Waals surface area contributed by atoms with E-state index in [1.807, 2.05) is 25.1 Å². The minimum atomic E-state index is -0.610. The van der Waals surface area contributed by atoms with E-state index in [1.165, 1.54) is 24.2 Å². The van der Waals surface area contributed by atoms with E-state index in [0.29, 0.717) is 47.7 Å². The van der Waals surface area contributed by atoms with E-state index in [-0.39, 0.29) is 17.9 Å². The van der Waals surface area contributed by atoms with Gasteiger partial charge >= 0.3 is 12.1 Å². The van der Waals surface area contributed by atoms with Crippen LogP contribution in [0.25, 0.3) is 22.9 Å². The standard InChI is InChI=1S/C32H36N10O5/c1-20-6-12-28(42-19-34-39-40-42)23(15-20)9-13-29(43)36-26(16-21-5-4-14-41(18-21)31(45)33-2)27-17-25(30(44)38-37-27)22-7-10-24(11-8-22)35-32(46)47-3/h6-13,15,17,19,21,26H,4-5,14,16,18H2,1-3H3,(H,33,45)(H,35,46)(H,36,43)(H,38,44)/b13-9+/t21?,26-/m0/s1. The summed E-state index contributed by atoms with van der Waals surface area (Å²) in [5.41, 5.74) is 3.93. The number of nitrogens with zero attached hydrogens (tertiary/aromatic N) is 6. The summed E-state index contributed by atoms with van der Waals surface area (Å²) in [7, 11) is 2.87. The van der Waals surface area contributed by atoms with Crippen LogP contribution in [-0.2, 0) is 9.53 Å². The molecule has 1 aliphatic rings. The maximum Gasteiger partial charge on any atom is 0.411 e. The van der Waals surface area contributed by atoms with Crippen LogP contribution in [0.3, 0.4) is 0 Å². The fourth-order valence-corrected chi connectivity index (χ4v) is 5.58. The zero-order valence-corrected chi connectivity index (χ0v) is 26.3. The highest BCUT2D eigenvalue weighted by Crippen LogP contribution is 2.29. The molecule has 0 spiro atoms. The third kappa shape index (κ3) is 8.25. The van der Waals surface area contributed by atoms with Crippen molar-refractivity contribution >= 4 is 29.8 Å². The summed E-state index contributed by atoms with van der Waals surface area (Å²) in [6.07, 6.45) is 6.16. The molecule has 0 radical (unpaired) electrons. The van der Waals surface area contributed by atoms with Gasteiger partial charge in [0.1, 0.15) is 6.33 Å². The van der Waals surface area contributed by atoms with E-state index < -0.39 is 17.7 Å². The minimum Gasteiger partial charge on any atom is -0.453 e. The minimum absolute atomic E-state index is 0.0689. The topological polar surface area (TPSA) is 189 Å². The molecule has 2 aromatic heterocycles. The molecular formula is C32H36N10O5. The Morgan fingerprint density at radius 2 is 1.96 bits per heavy atom. The second-order valence-electron chi connectivity index (χ2n) is 11.2. The van der Waals surface area contributed by atoms with Crippen LogP contribution in [0.15, 0.2) is 65.7 Å². The van der Waals surface area contributed by atoms with Crippen molar-refractivity contribution in [1.82, 2.24) is 45.9 Å². The van der Waals surface area contributed by atoms with Crippen molar-refractivity contribution in [2.45, 2.75) is 32.2 Å². The summed E-state index contributed by atoms with van der Waals surface area (Å²) >= 11 is 0. The first-order valence-electron chi connectivity index (χ1n) is 15.1. The van der Waals surface area contributed by atoms with Gasteiger partial charge in [-0.3, -0.25) is 14.9 Å². The molecule has 0 saturated carbocycles. The van der Waals surface area contributed by atoms with Gasteiger partial charge in [0.2, 0.25) is 5.91 Å². The van der Waals surface area contributed by atoms with Crippen LogP contribution in [0, 0.1) is 12.8 Å². The Morgan fingerprint density at radius 3 is 2.68 bits per heavy atom. The summed E-state index contributed by atoms with van der Waals surface area (Å²) in [6, 6.07) is 13.3. The smallest absolute Gasteiger partial charge is 0.411 e. The maximum absolute atomic E-state index is 13.5. The zero-order chi connectivity index (χ0) is 33.3. The number of carbonyl (C=O) groups excluding carboxylic acids is 3.